The third-order valence-electron chi connectivity index (χ3n) is 2.96. The van der Waals surface area contributed by atoms with Crippen LogP contribution in [-0.2, 0) is 9.59 Å². The summed E-state index contributed by atoms with van der Waals surface area (Å²) in [6, 6.07) is 7.14. The maximum Gasteiger partial charge on any atom is 0.311 e. The molecule has 0 aliphatic heterocycles. The highest BCUT2D eigenvalue weighted by Gasteiger charge is 2.18. The Balaban J connectivity index is 2.29. The van der Waals surface area contributed by atoms with Crippen molar-refractivity contribution in [2.24, 2.45) is 0 Å². The first-order chi connectivity index (χ1) is 10.1. The number of carbonyl (C=O) groups excluding carboxylic acids is 2. The lowest BCUT2D eigenvalue weighted by Crippen LogP contribution is -2.43. The highest BCUT2D eigenvalue weighted by molar-refractivity contribution is 6.34. The van der Waals surface area contributed by atoms with Gasteiger partial charge in [0.25, 0.3) is 0 Å². The Labute approximate surface area is 125 Å². The SMILES string of the molecule is CCN(CC)C(=O)C(=O)NCCOc1ccc(OC)cc1. The van der Waals surface area contributed by atoms with Crippen molar-refractivity contribution in [2.45, 2.75) is 13.8 Å². The van der Waals surface area contributed by atoms with Gasteiger partial charge < -0.3 is 19.7 Å². The van der Waals surface area contributed by atoms with E-state index in [0.29, 0.717) is 25.4 Å². The van der Waals surface area contributed by atoms with Crippen LogP contribution >= 0.6 is 0 Å². The van der Waals surface area contributed by atoms with Gasteiger partial charge in [0.05, 0.1) is 13.7 Å². The van der Waals surface area contributed by atoms with Gasteiger partial charge in [-0.15, -0.1) is 0 Å². The molecule has 0 unspecified atom stereocenters. The zero-order chi connectivity index (χ0) is 15.7. The Morgan fingerprint density at radius 1 is 1.10 bits per heavy atom. The molecule has 1 aromatic rings. The lowest BCUT2D eigenvalue weighted by Gasteiger charge is -2.17. The average Bonchev–Trinajstić information content (AvgIpc) is 2.53. The summed E-state index contributed by atoms with van der Waals surface area (Å²) in [7, 11) is 1.60. The molecule has 0 aliphatic carbocycles. The number of hydrogen-bond acceptors (Lipinski definition) is 4. The molecule has 0 aromatic heterocycles. The normalized spacial score (nSPS) is 9.86. The molecule has 0 bridgehead atoms. The lowest BCUT2D eigenvalue weighted by molar-refractivity contribution is -0.145. The van der Waals surface area contributed by atoms with E-state index in [4.69, 9.17) is 9.47 Å². The molecule has 116 valence electrons. The van der Waals surface area contributed by atoms with E-state index in [2.05, 4.69) is 5.32 Å². The first-order valence-electron chi connectivity index (χ1n) is 6.96. The van der Waals surface area contributed by atoms with Crippen molar-refractivity contribution < 1.29 is 19.1 Å². The highest BCUT2D eigenvalue weighted by Crippen LogP contribution is 2.16. The molecule has 0 fully saturated rings. The topological polar surface area (TPSA) is 67.9 Å². The number of likely N-dealkylation sites (N-methyl/N-ethyl adjacent to an activating group) is 1. The fourth-order valence-corrected chi connectivity index (χ4v) is 1.74. The zero-order valence-corrected chi connectivity index (χ0v) is 12.7. The minimum absolute atomic E-state index is 0.276. The molecule has 1 rings (SSSR count). The van der Waals surface area contributed by atoms with Crippen LogP contribution in [0.15, 0.2) is 24.3 Å². The van der Waals surface area contributed by atoms with Gasteiger partial charge >= 0.3 is 11.8 Å². The van der Waals surface area contributed by atoms with E-state index in [1.54, 1.807) is 31.4 Å². The predicted octanol–water partition coefficient (Wildman–Crippen LogP) is 1.06. The molecule has 0 saturated carbocycles. The molecule has 1 N–H and O–H groups in total. The van der Waals surface area contributed by atoms with Gasteiger partial charge in [0.15, 0.2) is 0 Å². The molecule has 0 saturated heterocycles. The van der Waals surface area contributed by atoms with Crippen molar-refractivity contribution in [3.05, 3.63) is 24.3 Å². The van der Waals surface area contributed by atoms with Gasteiger partial charge in [0, 0.05) is 13.1 Å². The quantitative estimate of drug-likeness (QED) is 0.603. The number of amides is 2. The molecule has 2 amide bonds. The van der Waals surface area contributed by atoms with Gasteiger partial charge in [-0.25, -0.2) is 0 Å². The Morgan fingerprint density at radius 3 is 2.19 bits per heavy atom. The van der Waals surface area contributed by atoms with Crippen LogP contribution in [0.1, 0.15) is 13.8 Å². The van der Waals surface area contributed by atoms with Gasteiger partial charge in [-0.05, 0) is 38.1 Å². The van der Waals surface area contributed by atoms with E-state index in [-0.39, 0.29) is 6.54 Å². The largest absolute Gasteiger partial charge is 0.497 e. The van der Waals surface area contributed by atoms with E-state index in [1.807, 2.05) is 13.8 Å². The Bertz CT molecular complexity index is 455. The number of nitrogens with zero attached hydrogens (tertiary/aromatic N) is 1. The second-order valence-electron chi connectivity index (χ2n) is 4.26. The molecule has 21 heavy (non-hydrogen) atoms. The molecule has 6 nitrogen and oxygen atoms in total. The van der Waals surface area contributed by atoms with Crippen LogP contribution in [0.4, 0.5) is 0 Å². The number of methoxy groups -OCH3 is 1. The number of hydrogen-bond donors (Lipinski definition) is 1. The van der Waals surface area contributed by atoms with Crippen LogP contribution < -0.4 is 14.8 Å². The summed E-state index contributed by atoms with van der Waals surface area (Å²) in [4.78, 5) is 24.8. The summed E-state index contributed by atoms with van der Waals surface area (Å²) in [6.45, 7) is 5.28. The molecule has 0 spiro atoms. The van der Waals surface area contributed by atoms with Gasteiger partial charge in [-0.1, -0.05) is 0 Å². The van der Waals surface area contributed by atoms with Crippen molar-refractivity contribution in [3.63, 3.8) is 0 Å². The number of nitrogens with one attached hydrogen (secondary N) is 1. The summed E-state index contributed by atoms with van der Waals surface area (Å²) < 4.78 is 10.5. The number of carbonyl (C=O) groups is 2. The van der Waals surface area contributed by atoms with Gasteiger partial charge in [0.1, 0.15) is 18.1 Å². The number of ether oxygens (including phenoxy) is 2. The predicted molar refractivity (Wildman–Crippen MR) is 79.4 cm³/mol. The van der Waals surface area contributed by atoms with Crippen molar-refractivity contribution in [1.29, 1.82) is 0 Å². The Kier molecular flexibility index (Phi) is 7.08. The second kappa shape index (κ2) is 8.84. The monoisotopic (exact) mass is 294 g/mol. The van der Waals surface area contributed by atoms with Gasteiger partial charge in [0.2, 0.25) is 0 Å². The highest BCUT2D eigenvalue weighted by atomic mass is 16.5. The van der Waals surface area contributed by atoms with E-state index in [1.165, 1.54) is 4.90 Å². The average molecular weight is 294 g/mol. The molecule has 0 heterocycles. The third kappa shape index (κ3) is 5.33. The Hall–Kier alpha value is -2.24. The van der Waals surface area contributed by atoms with Crippen molar-refractivity contribution in [1.82, 2.24) is 10.2 Å². The first-order valence-corrected chi connectivity index (χ1v) is 6.96. The van der Waals surface area contributed by atoms with Crippen LogP contribution in [0.3, 0.4) is 0 Å². The van der Waals surface area contributed by atoms with E-state index in [0.717, 1.165) is 5.75 Å². The lowest BCUT2D eigenvalue weighted by atomic mass is 10.3. The molecule has 1 aromatic carbocycles. The maximum absolute atomic E-state index is 11.7. The molecular weight excluding hydrogens is 272 g/mol. The molecule has 0 aliphatic rings. The zero-order valence-electron chi connectivity index (χ0n) is 12.7. The smallest absolute Gasteiger partial charge is 0.311 e. The molecular formula is C15H22N2O4. The van der Waals surface area contributed by atoms with Gasteiger partial charge in [-0.3, -0.25) is 9.59 Å². The van der Waals surface area contributed by atoms with Crippen LogP contribution in [-0.4, -0.2) is 50.1 Å². The molecule has 6 heteroatoms. The summed E-state index contributed by atoms with van der Waals surface area (Å²) in [5.41, 5.74) is 0. The van der Waals surface area contributed by atoms with Crippen LogP contribution in [0, 0.1) is 0 Å². The van der Waals surface area contributed by atoms with Gasteiger partial charge in [-0.2, -0.15) is 0 Å². The minimum Gasteiger partial charge on any atom is -0.497 e. The summed E-state index contributed by atoms with van der Waals surface area (Å²) in [5, 5.41) is 2.54. The van der Waals surface area contributed by atoms with Crippen molar-refractivity contribution >= 4 is 11.8 Å². The second-order valence-corrected chi connectivity index (χ2v) is 4.26. The molecule has 0 atom stereocenters. The third-order valence-corrected chi connectivity index (χ3v) is 2.96. The fraction of sp³-hybridized carbons (Fsp3) is 0.467. The minimum atomic E-state index is -0.600. The first kappa shape index (κ1) is 16.8. The number of rotatable bonds is 7. The summed E-state index contributed by atoms with van der Waals surface area (Å²) in [5.74, 6) is 0.321. The van der Waals surface area contributed by atoms with E-state index >= 15 is 0 Å². The standard InChI is InChI=1S/C15H22N2O4/c1-4-17(5-2)15(19)14(18)16-10-11-21-13-8-6-12(20-3)7-9-13/h6-9H,4-5,10-11H2,1-3H3,(H,16,18). The maximum atomic E-state index is 11.7. The Morgan fingerprint density at radius 2 is 1.67 bits per heavy atom. The summed E-state index contributed by atoms with van der Waals surface area (Å²) >= 11 is 0. The summed E-state index contributed by atoms with van der Waals surface area (Å²) in [6.07, 6.45) is 0. The number of benzene rings is 1. The fourth-order valence-electron chi connectivity index (χ4n) is 1.74. The van der Waals surface area contributed by atoms with Crippen LogP contribution in [0.25, 0.3) is 0 Å². The van der Waals surface area contributed by atoms with Crippen LogP contribution in [0.2, 0.25) is 0 Å². The van der Waals surface area contributed by atoms with Crippen LogP contribution in [0.5, 0.6) is 11.5 Å². The van der Waals surface area contributed by atoms with E-state index < -0.39 is 11.8 Å². The van der Waals surface area contributed by atoms with Crippen molar-refractivity contribution in [2.75, 3.05) is 33.4 Å². The van der Waals surface area contributed by atoms with Crippen molar-refractivity contribution in [3.8, 4) is 11.5 Å². The molecule has 0 radical (unpaired) electrons. The van der Waals surface area contributed by atoms with E-state index in [9.17, 15) is 9.59 Å².